The monoisotopic (exact) mass is 231 g/mol. The van der Waals surface area contributed by atoms with Crippen molar-refractivity contribution in [1.82, 2.24) is 0 Å². The number of rotatable bonds is 3. The molecular formula is C14H21N3. The lowest BCUT2D eigenvalue weighted by Crippen LogP contribution is -2.23. The second-order valence-electron chi connectivity index (χ2n) is 5.20. The zero-order chi connectivity index (χ0) is 12.4. The molecule has 1 aliphatic rings. The normalized spacial score (nSPS) is 23.9. The van der Waals surface area contributed by atoms with Crippen LogP contribution in [0.25, 0.3) is 0 Å². The van der Waals surface area contributed by atoms with Crippen LogP contribution in [-0.2, 0) is 0 Å². The molecule has 0 aliphatic heterocycles. The number of nitrogens with two attached hydrogens (primary N) is 1. The van der Waals surface area contributed by atoms with E-state index in [0.29, 0.717) is 23.8 Å². The molecule has 92 valence electrons. The maximum absolute atomic E-state index is 5.87. The highest BCUT2D eigenvalue weighted by molar-refractivity contribution is 5.92. The molecule has 0 radical (unpaired) electrons. The SMILES string of the molecule is CC(C)c1cccc(NC(N)=NC2CC2C)c1. The van der Waals surface area contributed by atoms with Gasteiger partial charge in [0.2, 0.25) is 0 Å². The molecular weight excluding hydrogens is 210 g/mol. The Labute approximate surface area is 103 Å². The number of nitrogens with zero attached hydrogens (tertiary/aromatic N) is 1. The van der Waals surface area contributed by atoms with Gasteiger partial charge in [0.15, 0.2) is 5.96 Å². The van der Waals surface area contributed by atoms with Crippen molar-refractivity contribution in [2.24, 2.45) is 16.6 Å². The molecule has 0 saturated heterocycles. The van der Waals surface area contributed by atoms with E-state index in [9.17, 15) is 0 Å². The van der Waals surface area contributed by atoms with Crippen LogP contribution in [0.2, 0.25) is 0 Å². The van der Waals surface area contributed by atoms with Crippen LogP contribution >= 0.6 is 0 Å². The van der Waals surface area contributed by atoms with Gasteiger partial charge in [0.25, 0.3) is 0 Å². The van der Waals surface area contributed by atoms with E-state index in [1.807, 2.05) is 12.1 Å². The maximum Gasteiger partial charge on any atom is 0.193 e. The summed E-state index contributed by atoms with van der Waals surface area (Å²) in [5.41, 5.74) is 8.20. The van der Waals surface area contributed by atoms with Gasteiger partial charge in [-0.25, -0.2) is 4.99 Å². The Bertz CT molecular complexity index is 423. The van der Waals surface area contributed by atoms with Gasteiger partial charge >= 0.3 is 0 Å². The van der Waals surface area contributed by atoms with E-state index in [4.69, 9.17) is 5.73 Å². The fourth-order valence-corrected chi connectivity index (χ4v) is 1.82. The number of nitrogens with one attached hydrogen (secondary N) is 1. The standard InChI is InChI=1S/C14H21N3/c1-9(2)11-5-4-6-12(8-11)16-14(15)17-13-7-10(13)3/h4-6,8-10,13H,7H2,1-3H3,(H3,15,16,17). The van der Waals surface area contributed by atoms with Crippen molar-refractivity contribution in [3.63, 3.8) is 0 Å². The summed E-state index contributed by atoms with van der Waals surface area (Å²) in [5, 5.41) is 3.16. The second kappa shape index (κ2) is 4.78. The summed E-state index contributed by atoms with van der Waals surface area (Å²) in [6.45, 7) is 6.56. The number of guanidine groups is 1. The molecule has 1 aromatic carbocycles. The van der Waals surface area contributed by atoms with Gasteiger partial charge in [-0.2, -0.15) is 0 Å². The summed E-state index contributed by atoms with van der Waals surface area (Å²) in [7, 11) is 0. The first kappa shape index (κ1) is 12.0. The van der Waals surface area contributed by atoms with E-state index in [-0.39, 0.29) is 0 Å². The summed E-state index contributed by atoms with van der Waals surface area (Å²) in [6, 6.07) is 8.75. The third-order valence-electron chi connectivity index (χ3n) is 3.20. The molecule has 1 aromatic rings. The van der Waals surface area contributed by atoms with Gasteiger partial charge in [-0.1, -0.05) is 32.9 Å². The van der Waals surface area contributed by atoms with Crippen LogP contribution in [0.4, 0.5) is 5.69 Å². The second-order valence-corrected chi connectivity index (χ2v) is 5.20. The zero-order valence-electron chi connectivity index (χ0n) is 10.8. The first-order valence-electron chi connectivity index (χ1n) is 6.26. The predicted molar refractivity (Wildman–Crippen MR) is 73.3 cm³/mol. The molecule has 2 unspecified atom stereocenters. The molecule has 17 heavy (non-hydrogen) atoms. The first-order valence-corrected chi connectivity index (χ1v) is 6.26. The van der Waals surface area contributed by atoms with Gasteiger partial charge in [0, 0.05) is 5.69 Å². The smallest absolute Gasteiger partial charge is 0.193 e. The number of aliphatic imine (C=N–C) groups is 1. The minimum absolute atomic E-state index is 0.427. The number of hydrogen-bond acceptors (Lipinski definition) is 1. The van der Waals surface area contributed by atoms with Crippen LogP contribution in [0.5, 0.6) is 0 Å². The van der Waals surface area contributed by atoms with Crippen LogP contribution in [0.1, 0.15) is 38.7 Å². The van der Waals surface area contributed by atoms with Crippen LogP contribution in [0.15, 0.2) is 29.3 Å². The lowest BCUT2D eigenvalue weighted by molar-refractivity contribution is 0.867. The fourth-order valence-electron chi connectivity index (χ4n) is 1.82. The van der Waals surface area contributed by atoms with Gasteiger partial charge in [-0.15, -0.1) is 0 Å². The molecule has 0 heterocycles. The highest BCUT2D eigenvalue weighted by Crippen LogP contribution is 2.32. The van der Waals surface area contributed by atoms with Crippen molar-refractivity contribution < 1.29 is 0 Å². The maximum atomic E-state index is 5.87. The Morgan fingerprint density at radius 1 is 1.47 bits per heavy atom. The van der Waals surface area contributed by atoms with Gasteiger partial charge in [0.1, 0.15) is 0 Å². The summed E-state index contributed by atoms with van der Waals surface area (Å²) < 4.78 is 0. The van der Waals surface area contributed by atoms with Crippen LogP contribution in [0.3, 0.4) is 0 Å². The van der Waals surface area contributed by atoms with Crippen molar-refractivity contribution in [2.75, 3.05) is 5.32 Å². The quantitative estimate of drug-likeness (QED) is 0.620. The Morgan fingerprint density at radius 3 is 2.76 bits per heavy atom. The molecule has 0 spiro atoms. The van der Waals surface area contributed by atoms with Crippen molar-refractivity contribution in [2.45, 2.75) is 39.2 Å². The average Bonchev–Trinajstić information content (AvgIpc) is 2.94. The van der Waals surface area contributed by atoms with Gasteiger partial charge in [-0.05, 0) is 36.0 Å². The number of anilines is 1. The summed E-state index contributed by atoms with van der Waals surface area (Å²) in [5.74, 6) is 1.75. The third kappa shape index (κ3) is 3.22. The van der Waals surface area contributed by atoms with E-state index in [1.54, 1.807) is 0 Å². The van der Waals surface area contributed by atoms with Gasteiger partial charge in [-0.3, -0.25) is 0 Å². The fraction of sp³-hybridized carbons (Fsp3) is 0.500. The molecule has 0 aromatic heterocycles. The van der Waals surface area contributed by atoms with Crippen molar-refractivity contribution in [3.8, 4) is 0 Å². The molecule has 3 N–H and O–H groups in total. The van der Waals surface area contributed by atoms with Crippen molar-refractivity contribution >= 4 is 11.6 Å². The Morgan fingerprint density at radius 2 is 2.18 bits per heavy atom. The zero-order valence-corrected chi connectivity index (χ0v) is 10.8. The van der Waals surface area contributed by atoms with Crippen LogP contribution in [0, 0.1) is 5.92 Å². The molecule has 1 fully saturated rings. The van der Waals surface area contributed by atoms with E-state index in [1.165, 1.54) is 5.56 Å². The lowest BCUT2D eigenvalue weighted by atomic mass is 10.0. The molecule has 3 heteroatoms. The van der Waals surface area contributed by atoms with Crippen molar-refractivity contribution in [1.29, 1.82) is 0 Å². The topological polar surface area (TPSA) is 50.4 Å². The summed E-state index contributed by atoms with van der Waals surface area (Å²) >= 11 is 0. The highest BCUT2D eigenvalue weighted by Gasteiger charge is 2.32. The number of hydrogen-bond donors (Lipinski definition) is 2. The Hall–Kier alpha value is -1.51. The predicted octanol–water partition coefficient (Wildman–Crippen LogP) is 2.95. The summed E-state index contributed by atoms with van der Waals surface area (Å²) in [4.78, 5) is 4.42. The van der Waals surface area contributed by atoms with E-state index in [0.717, 1.165) is 12.1 Å². The average molecular weight is 231 g/mol. The minimum Gasteiger partial charge on any atom is -0.370 e. The lowest BCUT2D eigenvalue weighted by Gasteiger charge is -2.09. The van der Waals surface area contributed by atoms with Crippen LogP contribution < -0.4 is 11.1 Å². The molecule has 3 nitrogen and oxygen atoms in total. The Balaban J connectivity index is 2.03. The van der Waals surface area contributed by atoms with Crippen molar-refractivity contribution in [3.05, 3.63) is 29.8 Å². The molecule has 0 amide bonds. The first-order chi connectivity index (χ1) is 8.06. The molecule has 1 saturated carbocycles. The highest BCUT2D eigenvalue weighted by atomic mass is 15.1. The largest absolute Gasteiger partial charge is 0.370 e. The molecule has 2 atom stereocenters. The van der Waals surface area contributed by atoms with E-state index >= 15 is 0 Å². The molecule has 0 bridgehead atoms. The van der Waals surface area contributed by atoms with E-state index < -0.39 is 0 Å². The number of benzene rings is 1. The summed E-state index contributed by atoms with van der Waals surface area (Å²) in [6.07, 6.45) is 1.16. The molecule has 2 rings (SSSR count). The van der Waals surface area contributed by atoms with Gasteiger partial charge < -0.3 is 11.1 Å². The third-order valence-corrected chi connectivity index (χ3v) is 3.20. The molecule has 1 aliphatic carbocycles. The Kier molecular flexibility index (Phi) is 3.36. The van der Waals surface area contributed by atoms with Crippen LogP contribution in [-0.4, -0.2) is 12.0 Å². The van der Waals surface area contributed by atoms with Gasteiger partial charge in [0.05, 0.1) is 6.04 Å². The van der Waals surface area contributed by atoms with E-state index in [2.05, 4.69) is 43.2 Å². The minimum atomic E-state index is 0.427.